The van der Waals surface area contributed by atoms with Crippen molar-refractivity contribution in [1.82, 2.24) is 4.57 Å². The molecular formula is C21H18N2O2S. The Morgan fingerprint density at radius 3 is 2.65 bits per heavy atom. The van der Waals surface area contributed by atoms with Crippen LogP contribution in [0.2, 0.25) is 0 Å². The Bertz CT molecular complexity index is 1060. The van der Waals surface area contributed by atoms with Crippen LogP contribution in [-0.2, 0) is 4.74 Å². The van der Waals surface area contributed by atoms with E-state index in [1.165, 1.54) is 4.88 Å². The molecule has 0 saturated heterocycles. The smallest absolute Gasteiger partial charge is 0.338 e. The SMILES string of the molecule is CCOC(=O)c1ccc(-n2cc(N)c3cc(-c4cccs4)ccc32)cc1. The first-order valence-corrected chi connectivity index (χ1v) is 9.27. The number of nitrogens with two attached hydrogens (primary N) is 1. The minimum atomic E-state index is -0.309. The zero-order valence-corrected chi connectivity index (χ0v) is 15.1. The average molecular weight is 362 g/mol. The fourth-order valence-corrected chi connectivity index (χ4v) is 3.76. The summed E-state index contributed by atoms with van der Waals surface area (Å²) in [5.41, 5.74) is 10.7. The first kappa shape index (κ1) is 16.4. The van der Waals surface area contributed by atoms with Gasteiger partial charge in [0.2, 0.25) is 0 Å². The van der Waals surface area contributed by atoms with E-state index in [2.05, 4.69) is 29.6 Å². The number of anilines is 1. The van der Waals surface area contributed by atoms with Gasteiger partial charge in [-0.3, -0.25) is 0 Å². The molecule has 0 unspecified atom stereocenters. The Morgan fingerprint density at radius 1 is 1.15 bits per heavy atom. The van der Waals surface area contributed by atoms with Gasteiger partial charge >= 0.3 is 5.97 Å². The second-order valence-corrected chi connectivity index (χ2v) is 6.88. The highest BCUT2D eigenvalue weighted by atomic mass is 32.1. The Hall–Kier alpha value is -3.05. The van der Waals surface area contributed by atoms with E-state index >= 15 is 0 Å². The second kappa shape index (κ2) is 6.69. The average Bonchev–Trinajstić information content (AvgIpc) is 3.30. The van der Waals surface area contributed by atoms with Gasteiger partial charge in [0.25, 0.3) is 0 Å². The van der Waals surface area contributed by atoms with Gasteiger partial charge in [-0.15, -0.1) is 11.3 Å². The molecule has 2 aromatic heterocycles. The molecule has 0 aliphatic rings. The van der Waals surface area contributed by atoms with Crippen LogP contribution in [0.3, 0.4) is 0 Å². The topological polar surface area (TPSA) is 57.2 Å². The number of hydrogen-bond donors (Lipinski definition) is 1. The number of aromatic nitrogens is 1. The lowest BCUT2D eigenvalue weighted by molar-refractivity contribution is 0.0526. The van der Waals surface area contributed by atoms with Gasteiger partial charge in [-0.2, -0.15) is 0 Å². The number of ether oxygens (including phenoxy) is 1. The molecule has 4 aromatic rings. The van der Waals surface area contributed by atoms with Crippen LogP contribution in [0.15, 0.2) is 66.2 Å². The molecule has 0 radical (unpaired) electrons. The lowest BCUT2D eigenvalue weighted by Gasteiger charge is -2.07. The molecule has 0 bridgehead atoms. The van der Waals surface area contributed by atoms with Gasteiger partial charge in [-0.1, -0.05) is 12.1 Å². The first-order valence-electron chi connectivity index (χ1n) is 8.39. The fourth-order valence-electron chi connectivity index (χ4n) is 3.04. The number of benzene rings is 2. The van der Waals surface area contributed by atoms with Crippen molar-refractivity contribution in [2.24, 2.45) is 0 Å². The Labute approximate surface area is 155 Å². The van der Waals surface area contributed by atoms with Gasteiger partial charge in [-0.25, -0.2) is 4.79 Å². The molecule has 0 atom stereocenters. The van der Waals surface area contributed by atoms with Gasteiger partial charge < -0.3 is 15.0 Å². The Morgan fingerprint density at radius 2 is 1.96 bits per heavy atom. The molecule has 0 amide bonds. The van der Waals surface area contributed by atoms with E-state index in [4.69, 9.17) is 10.5 Å². The fraction of sp³-hybridized carbons (Fsp3) is 0.0952. The summed E-state index contributed by atoms with van der Waals surface area (Å²) >= 11 is 1.71. The van der Waals surface area contributed by atoms with Crippen molar-refractivity contribution in [1.29, 1.82) is 0 Å². The summed E-state index contributed by atoms with van der Waals surface area (Å²) < 4.78 is 7.07. The van der Waals surface area contributed by atoms with Crippen molar-refractivity contribution in [2.45, 2.75) is 6.92 Å². The zero-order valence-electron chi connectivity index (χ0n) is 14.3. The molecule has 2 N–H and O–H groups in total. The van der Waals surface area contributed by atoms with Crippen LogP contribution in [-0.4, -0.2) is 17.1 Å². The third-order valence-electron chi connectivity index (χ3n) is 4.30. The summed E-state index contributed by atoms with van der Waals surface area (Å²) in [5.74, 6) is -0.309. The summed E-state index contributed by atoms with van der Waals surface area (Å²) in [6.07, 6.45) is 1.92. The van der Waals surface area contributed by atoms with Crippen LogP contribution in [0, 0.1) is 0 Å². The maximum absolute atomic E-state index is 11.8. The van der Waals surface area contributed by atoms with Crippen molar-refractivity contribution in [2.75, 3.05) is 12.3 Å². The van der Waals surface area contributed by atoms with E-state index in [0.717, 1.165) is 27.8 Å². The lowest BCUT2D eigenvalue weighted by atomic mass is 10.1. The molecular weight excluding hydrogens is 344 g/mol. The van der Waals surface area contributed by atoms with Gasteiger partial charge in [0, 0.05) is 22.1 Å². The highest BCUT2D eigenvalue weighted by Crippen LogP contribution is 2.32. The van der Waals surface area contributed by atoms with E-state index < -0.39 is 0 Å². The molecule has 4 nitrogen and oxygen atoms in total. The van der Waals surface area contributed by atoms with Crippen LogP contribution in [0.1, 0.15) is 17.3 Å². The van der Waals surface area contributed by atoms with Gasteiger partial charge in [0.1, 0.15) is 0 Å². The molecule has 0 saturated carbocycles. The molecule has 0 aliphatic heterocycles. The number of fused-ring (bicyclic) bond motifs is 1. The lowest BCUT2D eigenvalue weighted by Crippen LogP contribution is -2.04. The van der Waals surface area contributed by atoms with Crippen molar-refractivity contribution in [3.8, 4) is 16.1 Å². The van der Waals surface area contributed by atoms with E-state index in [0.29, 0.717) is 12.2 Å². The standard InChI is InChI=1S/C21H18N2O2S/c1-2-25-21(24)14-5-8-16(9-6-14)23-13-18(22)17-12-15(7-10-19(17)23)20-4-3-11-26-20/h3-13H,2,22H2,1H3. The largest absolute Gasteiger partial charge is 0.462 e. The van der Waals surface area contributed by atoms with Crippen molar-refractivity contribution in [3.05, 3.63) is 71.7 Å². The monoisotopic (exact) mass is 362 g/mol. The highest BCUT2D eigenvalue weighted by Gasteiger charge is 2.11. The van der Waals surface area contributed by atoms with Gasteiger partial charge in [0.05, 0.1) is 23.4 Å². The van der Waals surface area contributed by atoms with Gasteiger partial charge in [-0.05, 0) is 60.3 Å². The molecule has 5 heteroatoms. The van der Waals surface area contributed by atoms with Crippen LogP contribution in [0.4, 0.5) is 5.69 Å². The van der Waals surface area contributed by atoms with E-state index in [1.807, 2.05) is 29.0 Å². The molecule has 0 fully saturated rings. The molecule has 2 heterocycles. The molecule has 26 heavy (non-hydrogen) atoms. The quantitative estimate of drug-likeness (QED) is 0.513. The van der Waals surface area contributed by atoms with E-state index in [9.17, 15) is 4.79 Å². The Balaban J connectivity index is 1.74. The predicted octanol–water partition coefficient (Wildman–Crippen LogP) is 5.12. The number of thiophene rings is 1. The third-order valence-corrected chi connectivity index (χ3v) is 5.22. The molecule has 0 spiro atoms. The minimum absolute atomic E-state index is 0.309. The van der Waals surface area contributed by atoms with E-state index in [1.54, 1.807) is 30.4 Å². The van der Waals surface area contributed by atoms with Crippen molar-refractivity contribution in [3.63, 3.8) is 0 Å². The van der Waals surface area contributed by atoms with Crippen LogP contribution in [0.5, 0.6) is 0 Å². The molecule has 0 aliphatic carbocycles. The summed E-state index contributed by atoms with van der Waals surface area (Å²) in [6.45, 7) is 2.16. The third kappa shape index (κ3) is 2.86. The first-order chi connectivity index (χ1) is 12.7. The maximum Gasteiger partial charge on any atom is 0.338 e. The second-order valence-electron chi connectivity index (χ2n) is 5.93. The normalized spacial score (nSPS) is 11.0. The molecule has 4 rings (SSSR count). The number of hydrogen-bond acceptors (Lipinski definition) is 4. The van der Waals surface area contributed by atoms with Crippen LogP contribution < -0.4 is 5.73 Å². The minimum Gasteiger partial charge on any atom is -0.462 e. The summed E-state index contributed by atoms with van der Waals surface area (Å²) in [4.78, 5) is 13.0. The number of carbonyl (C=O) groups is 1. The van der Waals surface area contributed by atoms with Gasteiger partial charge in [0.15, 0.2) is 0 Å². The van der Waals surface area contributed by atoms with Crippen LogP contribution in [0.25, 0.3) is 27.0 Å². The van der Waals surface area contributed by atoms with E-state index in [-0.39, 0.29) is 5.97 Å². The summed E-state index contributed by atoms with van der Waals surface area (Å²) in [7, 11) is 0. The van der Waals surface area contributed by atoms with Crippen molar-refractivity contribution >= 4 is 33.9 Å². The zero-order chi connectivity index (χ0) is 18.1. The maximum atomic E-state index is 11.8. The predicted molar refractivity (Wildman–Crippen MR) is 107 cm³/mol. The summed E-state index contributed by atoms with van der Waals surface area (Å²) in [5, 5.41) is 3.09. The number of nitrogen functional groups attached to an aromatic ring is 1. The Kier molecular flexibility index (Phi) is 4.22. The molecule has 2 aromatic carbocycles. The number of rotatable bonds is 4. The van der Waals surface area contributed by atoms with Crippen molar-refractivity contribution < 1.29 is 9.53 Å². The summed E-state index contributed by atoms with van der Waals surface area (Å²) in [6, 6.07) is 17.8. The number of esters is 1. The molecule has 130 valence electrons. The number of nitrogens with zero attached hydrogens (tertiary/aromatic N) is 1. The highest BCUT2D eigenvalue weighted by molar-refractivity contribution is 7.13. The van der Waals surface area contributed by atoms with Crippen LogP contribution >= 0.6 is 11.3 Å². The number of carbonyl (C=O) groups excluding carboxylic acids is 1.